The summed E-state index contributed by atoms with van der Waals surface area (Å²) in [7, 11) is 1.66. The minimum absolute atomic E-state index is 0.0202. The molecule has 1 saturated heterocycles. The van der Waals surface area contributed by atoms with Crippen LogP contribution in [0.1, 0.15) is 13.8 Å². The van der Waals surface area contributed by atoms with Crippen LogP contribution in [0.25, 0.3) is 0 Å². The van der Waals surface area contributed by atoms with Crippen molar-refractivity contribution in [2.45, 2.75) is 19.9 Å². The second kappa shape index (κ2) is 6.39. The van der Waals surface area contributed by atoms with Gasteiger partial charge in [-0.05, 0) is 19.9 Å². The van der Waals surface area contributed by atoms with Gasteiger partial charge in [-0.1, -0.05) is 6.08 Å². The van der Waals surface area contributed by atoms with Crippen molar-refractivity contribution < 1.29 is 9.59 Å². The molecule has 1 N–H and O–H groups in total. The Morgan fingerprint density at radius 3 is 2.47 bits per heavy atom. The van der Waals surface area contributed by atoms with Crippen LogP contribution in [-0.4, -0.2) is 60.9 Å². The molecule has 0 bridgehead atoms. The van der Waals surface area contributed by atoms with Gasteiger partial charge >= 0.3 is 0 Å². The molecule has 1 atom stereocenters. The Labute approximate surface area is 102 Å². The van der Waals surface area contributed by atoms with E-state index in [4.69, 9.17) is 0 Å². The normalized spacial score (nSPS) is 18.2. The molecule has 0 aromatic heterocycles. The van der Waals surface area contributed by atoms with E-state index in [9.17, 15) is 9.59 Å². The van der Waals surface area contributed by atoms with Gasteiger partial charge < -0.3 is 15.1 Å². The number of carbonyl (C=O) groups is 2. The Morgan fingerprint density at radius 2 is 1.94 bits per heavy atom. The standard InChI is InChI=1S/C12H21N3O2/c1-4-5-11(16)14(3)10(2)12(17)15-8-6-13-7-9-15/h4-5,10,13H,6-9H2,1-3H3/b5-4+. The number of nitrogens with one attached hydrogen (secondary N) is 1. The van der Waals surface area contributed by atoms with Crippen LogP contribution >= 0.6 is 0 Å². The molecule has 1 rings (SSSR count). The summed E-state index contributed by atoms with van der Waals surface area (Å²) in [4.78, 5) is 27.0. The Kier molecular flexibility index (Phi) is 5.15. The summed E-state index contributed by atoms with van der Waals surface area (Å²) in [5, 5.41) is 3.20. The highest BCUT2D eigenvalue weighted by molar-refractivity contribution is 5.92. The van der Waals surface area contributed by atoms with Gasteiger partial charge in [-0.25, -0.2) is 0 Å². The fourth-order valence-corrected chi connectivity index (χ4v) is 1.77. The number of nitrogens with zero attached hydrogens (tertiary/aromatic N) is 2. The summed E-state index contributed by atoms with van der Waals surface area (Å²) in [6.07, 6.45) is 3.16. The van der Waals surface area contributed by atoms with Crippen LogP contribution in [0.4, 0.5) is 0 Å². The number of hydrogen-bond acceptors (Lipinski definition) is 3. The number of amides is 2. The fourth-order valence-electron chi connectivity index (χ4n) is 1.77. The highest BCUT2D eigenvalue weighted by Gasteiger charge is 2.26. The molecule has 1 aliphatic rings. The number of likely N-dealkylation sites (N-methyl/N-ethyl adjacent to an activating group) is 1. The van der Waals surface area contributed by atoms with E-state index in [0.29, 0.717) is 0 Å². The molecule has 1 unspecified atom stereocenters. The quantitative estimate of drug-likeness (QED) is 0.696. The van der Waals surface area contributed by atoms with E-state index in [0.717, 1.165) is 26.2 Å². The predicted molar refractivity (Wildman–Crippen MR) is 66.5 cm³/mol. The summed E-state index contributed by atoms with van der Waals surface area (Å²) in [5.41, 5.74) is 0. The first-order valence-corrected chi connectivity index (χ1v) is 5.97. The topological polar surface area (TPSA) is 52.7 Å². The van der Waals surface area contributed by atoms with E-state index < -0.39 is 6.04 Å². The number of piperazine rings is 1. The lowest BCUT2D eigenvalue weighted by molar-refractivity contribution is -0.142. The Hall–Kier alpha value is -1.36. The highest BCUT2D eigenvalue weighted by atomic mass is 16.2. The number of hydrogen-bond donors (Lipinski definition) is 1. The molecule has 1 aliphatic heterocycles. The van der Waals surface area contributed by atoms with Crippen LogP contribution in [-0.2, 0) is 9.59 Å². The first-order valence-electron chi connectivity index (χ1n) is 5.97. The van der Waals surface area contributed by atoms with Gasteiger partial charge in [0.25, 0.3) is 0 Å². The van der Waals surface area contributed by atoms with Crippen molar-refractivity contribution in [3.05, 3.63) is 12.2 Å². The van der Waals surface area contributed by atoms with Gasteiger partial charge in [-0.3, -0.25) is 9.59 Å². The van der Waals surface area contributed by atoms with E-state index in [1.807, 2.05) is 0 Å². The van der Waals surface area contributed by atoms with Crippen LogP contribution < -0.4 is 5.32 Å². The Bertz CT molecular complexity index is 309. The monoisotopic (exact) mass is 239 g/mol. The Morgan fingerprint density at radius 1 is 1.35 bits per heavy atom. The summed E-state index contributed by atoms with van der Waals surface area (Å²) < 4.78 is 0. The van der Waals surface area contributed by atoms with Crippen molar-refractivity contribution in [1.82, 2.24) is 15.1 Å². The zero-order valence-corrected chi connectivity index (χ0v) is 10.8. The van der Waals surface area contributed by atoms with Crippen LogP contribution in [0.3, 0.4) is 0 Å². The van der Waals surface area contributed by atoms with E-state index in [-0.39, 0.29) is 11.8 Å². The smallest absolute Gasteiger partial charge is 0.246 e. The largest absolute Gasteiger partial charge is 0.338 e. The van der Waals surface area contributed by atoms with Crippen LogP contribution in [0.5, 0.6) is 0 Å². The van der Waals surface area contributed by atoms with Gasteiger partial charge in [0.1, 0.15) is 6.04 Å². The lowest BCUT2D eigenvalue weighted by Gasteiger charge is -2.32. The third-order valence-electron chi connectivity index (χ3n) is 3.02. The van der Waals surface area contributed by atoms with E-state index in [1.54, 1.807) is 31.9 Å². The molecular formula is C12H21N3O2. The minimum Gasteiger partial charge on any atom is -0.338 e. The first kappa shape index (κ1) is 13.7. The minimum atomic E-state index is -0.406. The summed E-state index contributed by atoms with van der Waals surface area (Å²) in [6, 6.07) is -0.406. The molecule has 0 aromatic rings. The Balaban J connectivity index is 2.58. The molecule has 0 radical (unpaired) electrons. The highest BCUT2D eigenvalue weighted by Crippen LogP contribution is 2.04. The molecule has 1 fully saturated rings. The van der Waals surface area contributed by atoms with E-state index >= 15 is 0 Å². The molecule has 0 aliphatic carbocycles. The summed E-state index contributed by atoms with van der Waals surface area (Å²) in [6.45, 7) is 6.64. The van der Waals surface area contributed by atoms with Crippen molar-refractivity contribution in [2.75, 3.05) is 33.2 Å². The van der Waals surface area contributed by atoms with Gasteiger partial charge in [-0.15, -0.1) is 0 Å². The molecule has 5 nitrogen and oxygen atoms in total. The number of allylic oxidation sites excluding steroid dienone is 1. The van der Waals surface area contributed by atoms with Crippen molar-refractivity contribution >= 4 is 11.8 Å². The van der Waals surface area contributed by atoms with Crippen molar-refractivity contribution in [2.24, 2.45) is 0 Å². The zero-order valence-electron chi connectivity index (χ0n) is 10.8. The first-order chi connectivity index (χ1) is 8.07. The molecule has 96 valence electrons. The van der Waals surface area contributed by atoms with Gasteiger partial charge in [0.15, 0.2) is 0 Å². The molecule has 5 heteroatoms. The van der Waals surface area contributed by atoms with Gasteiger partial charge in [0.05, 0.1) is 0 Å². The molecule has 2 amide bonds. The molecule has 1 heterocycles. The third-order valence-corrected chi connectivity index (χ3v) is 3.02. The van der Waals surface area contributed by atoms with E-state index in [1.165, 1.54) is 11.0 Å². The van der Waals surface area contributed by atoms with Gasteiger partial charge in [0, 0.05) is 33.2 Å². The maximum absolute atomic E-state index is 12.1. The molecule has 0 saturated carbocycles. The fraction of sp³-hybridized carbons (Fsp3) is 0.667. The maximum Gasteiger partial charge on any atom is 0.246 e. The lowest BCUT2D eigenvalue weighted by Crippen LogP contribution is -2.53. The zero-order chi connectivity index (χ0) is 12.8. The van der Waals surface area contributed by atoms with Gasteiger partial charge in [0.2, 0.25) is 11.8 Å². The second-order valence-electron chi connectivity index (χ2n) is 4.20. The third kappa shape index (κ3) is 3.56. The summed E-state index contributed by atoms with van der Waals surface area (Å²) >= 11 is 0. The van der Waals surface area contributed by atoms with Crippen molar-refractivity contribution in [1.29, 1.82) is 0 Å². The predicted octanol–water partition coefficient (Wildman–Crippen LogP) is -0.159. The molecule has 0 aromatic carbocycles. The SMILES string of the molecule is C/C=C/C(=O)N(C)C(C)C(=O)N1CCNCC1. The summed E-state index contributed by atoms with van der Waals surface area (Å²) in [5.74, 6) is -0.115. The lowest BCUT2D eigenvalue weighted by atomic mass is 10.2. The van der Waals surface area contributed by atoms with Crippen molar-refractivity contribution in [3.8, 4) is 0 Å². The average Bonchev–Trinajstić information content (AvgIpc) is 2.37. The molecule has 0 spiro atoms. The number of carbonyl (C=O) groups excluding carboxylic acids is 2. The molecular weight excluding hydrogens is 218 g/mol. The average molecular weight is 239 g/mol. The number of rotatable bonds is 3. The molecule has 17 heavy (non-hydrogen) atoms. The van der Waals surface area contributed by atoms with Gasteiger partial charge in [-0.2, -0.15) is 0 Å². The second-order valence-corrected chi connectivity index (χ2v) is 4.20. The van der Waals surface area contributed by atoms with Crippen LogP contribution in [0, 0.1) is 0 Å². The maximum atomic E-state index is 12.1. The van der Waals surface area contributed by atoms with Crippen LogP contribution in [0.2, 0.25) is 0 Å². The van der Waals surface area contributed by atoms with Crippen LogP contribution in [0.15, 0.2) is 12.2 Å². The van der Waals surface area contributed by atoms with E-state index in [2.05, 4.69) is 5.32 Å². The van der Waals surface area contributed by atoms with Crippen molar-refractivity contribution in [3.63, 3.8) is 0 Å².